The van der Waals surface area contributed by atoms with Crippen LogP contribution in [0, 0.1) is 0 Å². The van der Waals surface area contributed by atoms with Gasteiger partial charge in [-0.25, -0.2) is 5.32 Å². The van der Waals surface area contributed by atoms with E-state index in [1.807, 2.05) is 0 Å². The van der Waals surface area contributed by atoms with Gasteiger partial charge in [0, 0.05) is 6.20 Å². The molecule has 1 amide bonds. The average Bonchev–Trinajstić information content (AvgIpc) is 2.25. The van der Waals surface area contributed by atoms with E-state index in [9.17, 15) is 9.90 Å². The normalized spacial score (nSPS) is 14.6. The summed E-state index contributed by atoms with van der Waals surface area (Å²) in [7, 11) is 0. The largest absolute Gasteiger partial charge is 0.508 e. The minimum Gasteiger partial charge on any atom is -0.508 e. The highest BCUT2D eigenvalue weighted by atomic mass is 16.3. The first kappa shape index (κ1) is 7.86. The molecular formula is C10H8NO2. The van der Waals surface area contributed by atoms with E-state index >= 15 is 0 Å². The second-order valence-electron chi connectivity index (χ2n) is 2.90. The molecule has 0 fully saturated rings. The molecule has 0 bridgehead atoms. The number of fused-ring (bicyclic) bond motifs is 1. The van der Waals surface area contributed by atoms with E-state index in [1.54, 1.807) is 24.3 Å². The number of hydrogen-bond acceptors (Lipinski definition) is 2. The number of phenolic OH excluding ortho intramolecular Hbond substituents is 1. The van der Waals surface area contributed by atoms with E-state index in [4.69, 9.17) is 0 Å². The highest BCUT2D eigenvalue weighted by Gasteiger charge is 2.10. The fourth-order valence-corrected chi connectivity index (χ4v) is 1.32. The van der Waals surface area contributed by atoms with E-state index in [-0.39, 0.29) is 18.1 Å². The molecular weight excluding hydrogens is 166 g/mol. The maximum atomic E-state index is 11.1. The molecule has 1 aliphatic heterocycles. The smallest absolute Gasteiger partial charge is 0.250 e. The van der Waals surface area contributed by atoms with Gasteiger partial charge in [0.2, 0.25) is 5.91 Å². The Morgan fingerprint density at radius 1 is 1.38 bits per heavy atom. The van der Waals surface area contributed by atoms with Gasteiger partial charge in [-0.15, -0.1) is 0 Å². The Bertz CT molecular complexity index is 383. The number of carbonyl (C=O) groups is 1. The lowest BCUT2D eigenvalue weighted by Gasteiger charge is -2.01. The molecule has 2 rings (SSSR count). The molecule has 1 aromatic carbocycles. The molecule has 1 aliphatic rings. The molecule has 3 nitrogen and oxygen atoms in total. The Morgan fingerprint density at radius 2 is 2.23 bits per heavy atom. The van der Waals surface area contributed by atoms with E-state index in [0.717, 1.165) is 11.1 Å². The van der Waals surface area contributed by atoms with Gasteiger partial charge in [-0.3, -0.25) is 4.79 Å². The Labute approximate surface area is 75.7 Å². The molecule has 65 valence electrons. The molecule has 0 spiro atoms. The third-order valence-electron chi connectivity index (χ3n) is 1.94. The van der Waals surface area contributed by atoms with Gasteiger partial charge in [-0.2, -0.15) is 0 Å². The summed E-state index contributed by atoms with van der Waals surface area (Å²) in [5.74, 6) is 0.00227. The molecule has 1 radical (unpaired) electrons. The first-order chi connectivity index (χ1) is 6.25. The predicted molar refractivity (Wildman–Crippen MR) is 48.0 cm³/mol. The maximum absolute atomic E-state index is 11.1. The Hall–Kier alpha value is -1.77. The minimum absolute atomic E-state index is 0.180. The van der Waals surface area contributed by atoms with Gasteiger partial charge in [-0.1, -0.05) is 6.07 Å². The van der Waals surface area contributed by atoms with E-state index in [2.05, 4.69) is 5.32 Å². The van der Waals surface area contributed by atoms with Crippen molar-refractivity contribution in [3.63, 3.8) is 0 Å². The summed E-state index contributed by atoms with van der Waals surface area (Å²) < 4.78 is 0. The zero-order valence-electron chi connectivity index (χ0n) is 6.90. The quantitative estimate of drug-likeness (QED) is 0.639. The highest BCUT2D eigenvalue weighted by Crippen LogP contribution is 2.19. The molecule has 0 saturated carbocycles. The lowest BCUT2D eigenvalue weighted by Crippen LogP contribution is -2.10. The molecule has 0 aromatic heterocycles. The SMILES string of the molecule is O=C1Cc2cc(O)ccc2C=C[N]1. The molecule has 0 unspecified atom stereocenters. The van der Waals surface area contributed by atoms with Crippen LogP contribution in [0.4, 0.5) is 0 Å². The van der Waals surface area contributed by atoms with Crippen LogP contribution >= 0.6 is 0 Å². The van der Waals surface area contributed by atoms with Gasteiger partial charge >= 0.3 is 0 Å². The van der Waals surface area contributed by atoms with Gasteiger partial charge in [0.25, 0.3) is 0 Å². The summed E-state index contributed by atoms with van der Waals surface area (Å²) in [5.41, 5.74) is 1.76. The van der Waals surface area contributed by atoms with Crippen LogP contribution in [0.2, 0.25) is 0 Å². The molecule has 1 heterocycles. The van der Waals surface area contributed by atoms with Crippen molar-refractivity contribution in [3.8, 4) is 5.75 Å². The third kappa shape index (κ3) is 1.54. The molecule has 0 saturated heterocycles. The maximum Gasteiger partial charge on any atom is 0.250 e. The first-order valence-corrected chi connectivity index (χ1v) is 3.98. The average molecular weight is 174 g/mol. The van der Waals surface area contributed by atoms with Crippen LogP contribution < -0.4 is 5.32 Å². The zero-order chi connectivity index (χ0) is 9.26. The van der Waals surface area contributed by atoms with Crippen molar-refractivity contribution in [2.75, 3.05) is 0 Å². The number of carbonyl (C=O) groups excluding carboxylic acids is 1. The molecule has 0 atom stereocenters. The van der Waals surface area contributed by atoms with Crippen molar-refractivity contribution >= 4 is 12.0 Å². The predicted octanol–water partition coefficient (Wildman–Crippen LogP) is 1.05. The highest BCUT2D eigenvalue weighted by molar-refractivity contribution is 5.83. The summed E-state index contributed by atoms with van der Waals surface area (Å²) in [4.78, 5) is 11.1. The van der Waals surface area contributed by atoms with Crippen LogP contribution in [0.1, 0.15) is 11.1 Å². The van der Waals surface area contributed by atoms with Crippen LogP contribution in [0.15, 0.2) is 24.4 Å². The number of hydrogen-bond donors (Lipinski definition) is 1. The first-order valence-electron chi connectivity index (χ1n) is 3.98. The Balaban J connectivity index is 2.49. The van der Waals surface area contributed by atoms with Crippen LogP contribution in [0.25, 0.3) is 6.08 Å². The van der Waals surface area contributed by atoms with Gasteiger partial charge in [0.1, 0.15) is 5.75 Å². The molecule has 3 heteroatoms. The van der Waals surface area contributed by atoms with Crippen molar-refractivity contribution in [2.45, 2.75) is 6.42 Å². The third-order valence-corrected chi connectivity index (χ3v) is 1.94. The van der Waals surface area contributed by atoms with Crippen molar-refractivity contribution < 1.29 is 9.90 Å². The van der Waals surface area contributed by atoms with Crippen LogP contribution in [0.3, 0.4) is 0 Å². The van der Waals surface area contributed by atoms with Crippen LogP contribution in [-0.2, 0) is 11.2 Å². The number of amides is 1. The van der Waals surface area contributed by atoms with E-state index in [0.29, 0.717) is 0 Å². The molecule has 1 N–H and O–H groups in total. The lowest BCUT2D eigenvalue weighted by molar-refractivity contribution is -0.119. The number of nitrogens with zero attached hydrogens (tertiary/aromatic N) is 1. The zero-order valence-corrected chi connectivity index (χ0v) is 6.90. The Kier molecular flexibility index (Phi) is 1.77. The number of phenols is 1. The Morgan fingerprint density at radius 3 is 3.08 bits per heavy atom. The minimum atomic E-state index is -0.180. The van der Waals surface area contributed by atoms with E-state index < -0.39 is 0 Å². The molecule has 13 heavy (non-hydrogen) atoms. The van der Waals surface area contributed by atoms with Gasteiger partial charge in [0.15, 0.2) is 0 Å². The summed E-state index contributed by atoms with van der Waals surface area (Å²) in [6.45, 7) is 0. The second kappa shape index (κ2) is 2.94. The van der Waals surface area contributed by atoms with Gasteiger partial charge in [-0.05, 0) is 29.3 Å². The monoisotopic (exact) mass is 174 g/mol. The van der Waals surface area contributed by atoms with Crippen LogP contribution in [-0.4, -0.2) is 11.0 Å². The van der Waals surface area contributed by atoms with Crippen molar-refractivity contribution in [1.82, 2.24) is 5.32 Å². The second-order valence-corrected chi connectivity index (χ2v) is 2.90. The molecule has 0 aliphatic carbocycles. The summed E-state index contributed by atoms with van der Waals surface area (Å²) >= 11 is 0. The summed E-state index contributed by atoms with van der Waals surface area (Å²) in [5, 5.41) is 12.9. The van der Waals surface area contributed by atoms with Gasteiger partial charge < -0.3 is 5.11 Å². The topological polar surface area (TPSA) is 51.4 Å². The molecule has 1 aromatic rings. The van der Waals surface area contributed by atoms with Crippen molar-refractivity contribution in [3.05, 3.63) is 35.5 Å². The standard InChI is InChI=1S/C10H8NO2/c12-9-2-1-7-3-4-11-10(13)6-8(7)5-9/h1-5,12H,6H2. The fraction of sp³-hybridized carbons (Fsp3) is 0.100. The van der Waals surface area contributed by atoms with Crippen molar-refractivity contribution in [2.24, 2.45) is 0 Å². The summed E-state index contributed by atoms with van der Waals surface area (Å²) in [6.07, 6.45) is 3.52. The lowest BCUT2D eigenvalue weighted by atomic mass is 10.0. The van der Waals surface area contributed by atoms with Crippen molar-refractivity contribution in [1.29, 1.82) is 0 Å². The van der Waals surface area contributed by atoms with Crippen LogP contribution in [0.5, 0.6) is 5.75 Å². The van der Waals surface area contributed by atoms with E-state index in [1.165, 1.54) is 6.20 Å². The van der Waals surface area contributed by atoms with Gasteiger partial charge in [0.05, 0.1) is 6.42 Å². The number of rotatable bonds is 0. The number of aromatic hydroxyl groups is 1. The fourth-order valence-electron chi connectivity index (χ4n) is 1.32. The summed E-state index contributed by atoms with van der Waals surface area (Å²) in [6, 6.07) is 4.96. The number of benzene rings is 1.